The molecule has 0 bridgehead atoms. The Kier molecular flexibility index (Phi) is 7.02. The number of ether oxygens (including phenoxy) is 1. The molecule has 0 aromatic carbocycles. The summed E-state index contributed by atoms with van der Waals surface area (Å²) in [5, 5.41) is 4.76. The topological polar surface area (TPSA) is 77.4 Å². The Morgan fingerprint density at radius 2 is 2.12 bits per heavy atom. The molecule has 1 N–H and O–H groups in total. The Bertz CT molecular complexity index is 622. The van der Waals surface area contributed by atoms with Gasteiger partial charge >= 0.3 is 10.8 Å². The number of aromatic nitrogens is 1. The van der Waals surface area contributed by atoms with Crippen molar-refractivity contribution in [1.82, 2.24) is 9.88 Å². The number of esters is 1. The van der Waals surface area contributed by atoms with Gasteiger partial charge in [0.15, 0.2) is 6.61 Å². The molecule has 7 heteroatoms. The first kappa shape index (κ1) is 18.7. The first-order chi connectivity index (χ1) is 11.5. The van der Waals surface area contributed by atoms with Gasteiger partial charge in [0.1, 0.15) is 0 Å². The average molecular weight is 354 g/mol. The van der Waals surface area contributed by atoms with Gasteiger partial charge in [0.05, 0.1) is 0 Å². The fourth-order valence-corrected chi connectivity index (χ4v) is 3.81. The lowest BCUT2D eigenvalue weighted by molar-refractivity contribution is -0.149. The van der Waals surface area contributed by atoms with E-state index in [-0.39, 0.29) is 29.8 Å². The molecule has 2 atom stereocenters. The van der Waals surface area contributed by atoms with E-state index in [1.54, 1.807) is 9.95 Å². The number of rotatable bonds is 7. The van der Waals surface area contributed by atoms with Crippen molar-refractivity contribution in [1.29, 1.82) is 0 Å². The van der Waals surface area contributed by atoms with Crippen molar-refractivity contribution in [2.45, 2.75) is 65.0 Å². The van der Waals surface area contributed by atoms with Crippen LogP contribution in [0.15, 0.2) is 10.2 Å². The molecule has 0 aliphatic heterocycles. The monoisotopic (exact) mass is 354 g/mol. The summed E-state index contributed by atoms with van der Waals surface area (Å²) in [5.74, 6) is -0.152. The van der Waals surface area contributed by atoms with Crippen molar-refractivity contribution in [3.8, 4) is 0 Å². The molecule has 1 saturated carbocycles. The van der Waals surface area contributed by atoms with E-state index >= 15 is 0 Å². The van der Waals surface area contributed by atoms with Crippen molar-refractivity contribution in [2.75, 3.05) is 6.61 Å². The van der Waals surface area contributed by atoms with E-state index in [0.29, 0.717) is 18.9 Å². The van der Waals surface area contributed by atoms with Crippen LogP contribution in [0, 0.1) is 12.8 Å². The second-order valence-electron chi connectivity index (χ2n) is 6.49. The number of amides is 1. The van der Waals surface area contributed by atoms with Crippen molar-refractivity contribution in [2.24, 2.45) is 5.92 Å². The maximum Gasteiger partial charge on any atom is 0.307 e. The van der Waals surface area contributed by atoms with E-state index < -0.39 is 5.97 Å². The summed E-state index contributed by atoms with van der Waals surface area (Å²) in [6, 6.07) is 0.193. The smallest absolute Gasteiger partial charge is 0.307 e. The van der Waals surface area contributed by atoms with Gasteiger partial charge in [-0.1, -0.05) is 31.1 Å². The number of carbonyl (C=O) groups is 2. The van der Waals surface area contributed by atoms with Crippen molar-refractivity contribution in [3.63, 3.8) is 0 Å². The van der Waals surface area contributed by atoms with Crippen molar-refractivity contribution in [3.05, 3.63) is 20.7 Å². The quantitative estimate of drug-likeness (QED) is 0.762. The summed E-state index contributed by atoms with van der Waals surface area (Å²) < 4.78 is 6.67. The molecule has 6 nitrogen and oxygen atoms in total. The molecule has 1 fully saturated rings. The molecular weight excluding hydrogens is 328 g/mol. The summed E-state index contributed by atoms with van der Waals surface area (Å²) >= 11 is 1.16. The van der Waals surface area contributed by atoms with E-state index in [1.807, 2.05) is 6.92 Å². The van der Waals surface area contributed by atoms with Crippen LogP contribution in [0.1, 0.15) is 51.1 Å². The van der Waals surface area contributed by atoms with Crippen LogP contribution in [-0.4, -0.2) is 29.1 Å². The summed E-state index contributed by atoms with van der Waals surface area (Å²) in [4.78, 5) is 35.1. The van der Waals surface area contributed by atoms with Gasteiger partial charge in [0, 0.05) is 30.1 Å². The molecule has 1 aliphatic rings. The zero-order chi connectivity index (χ0) is 17.5. The number of hydrogen-bond acceptors (Lipinski definition) is 5. The number of aryl methyl sites for hydroxylation is 1. The minimum atomic E-state index is -0.400. The molecule has 1 aliphatic carbocycles. The highest BCUT2D eigenvalue weighted by Gasteiger charge is 2.23. The van der Waals surface area contributed by atoms with E-state index in [2.05, 4.69) is 12.2 Å². The van der Waals surface area contributed by atoms with Gasteiger partial charge in [-0.3, -0.25) is 14.4 Å². The minimum Gasteiger partial charge on any atom is -0.456 e. The SMILES string of the molecule is Cc1csc(=O)n1CCCC(=O)OCC(=O)N[C@H]1CCCC[C@@H]1C. The molecule has 2 rings (SSSR count). The van der Waals surface area contributed by atoms with Crippen molar-refractivity contribution < 1.29 is 14.3 Å². The second kappa shape index (κ2) is 9.01. The fourth-order valence-electron chi connectivity index (χ4n) is 3.05. The maximum absolute atomic E-state index is 11.9. The highest BCUT2D eigenvalue weighted by atomic mass is 32.1. The standard InChI is InChI=1S/C17H26N2O4S/c1-12-6-3-4-7-14(12)18-15(20)10-23-16(21)8-5-9-19-13(2)11-24-17(19)22/h11-12,14H,3-10H2,1-2H3,(H,18,20)/t12-,14-/m0/s1. The van der Waals surface area contributed by atoms with E-state index in [4.69, 9.17) is 4.74 Å². The summed E-state index contributed by atoms with van der Waals surface area (Å²) in [7, 11) is 0. The van der Waals surface area contributed by atoms with Crippen LogP contribution in [0.3, 0.4) is 0 Å². The molecule has 134 valence electrons. The van der Waals surface area contributed by atoms with Gasteiger partial charge in [-0.25, -0.2) is 0 Å². The normalized spacial score (nSPS) is 20.6. The lowest BCUT2D eigenvalue weighted by Crippen LogP contribution is -2.42. The minimum absolute atomic E-state index is 0.0122. The average Bonchev–Trinajstić information content (AvgIpc) is 2.87. The lowest BCUT2D eigenvalue weighted by Gasteiger charge is -2.29. The zero-order valence-corrected chi connectivity index (χ0v) is 15.2. The molecule has 1 aromatic rings. The number of nitrogens with zero attached hydrogens (tertiary/aromatic N) is 1. The Hall–Kier alpha value is -1.63. The van der Waals surface area contributed by atoms with Gasteiger partial charge < -0.3 is 14.6 Å². The molecule has 1 amide bonds. The van der Waals surface area contributed by atoms with Gasteiger partial charge in [-0.05, 0) is 32.1 Å². The van der Waals surface area contributed by atoms with Crippen LogP contribution in [0.25, 0.3) is 0 Å². The molecule has 1 heterocycles. The van der Waals surface area contributed by atoms with Crippen LogP contribution < -0.4 is 10.2 Å². The van der Waals surface area contributed by atoms with Gasteiger partial charge in [-0.2, -0.15) is 0 Å². The molecule has 0 spiro atoms. The second-order valence-corrected chi connectivity index (χ2v) is 7.32. The third kappa shape index (κ3) is 5.47. The van der Waals surface area contributed by atoms with Gasteiger partial charge in [-0.15, -0.1) is 0 Å². The Morgan fingerprint density at radius 3 is 2.79 bits per heavy atom. The molecule has 24 heavy (non-hydrogen) atoms. The van der Waals surface area contributed by atoms with Crippen molar-refractivity contribution >= 4 is 23.2 Å². The Labute approximate surface area is 146 Å². The lowest BCUT2D eigenvalue weighted by atomic mass is 9.86. The fraction of sp³-hybridized carbons (Fsp3) is 0.706. The van der Waals surface area contributed by atoms with Crippen LogP contribution in [-0.2, 0) is 20.9 Å². The van der Waals surface area contributed by atoms with Crippen LogP contribution in [0.5, 0.6) is 0 Å². The van der Waals surface area contributed by atoms with Crippen LogP contribution in [0.4, 0.5) is 0 Å². The van der Waals surface area contributed by atoms with E-state index in [1.165, 1.54) is 6.42 Å². The molecule has 0 radical (unpaired) electrons. The predicted molar refractivity (Wildman–Crippen MR) is 93.1 cm³/mol. The van der Waals surface area contributed by atoms with Gasteiger partial charge in [0.2, 0.25) is 0 Å². The number of hydrogen-bond donors (Lipinski definition) is 1. The summed E-state index contributed by atoms with van der Waals surface area (Å²) in [6.07, 6.45) is 5.21. The first-order valence-electron chi connectivity index (χ1n) is 8.57. The van der Waals surface area contributed by atoms with E-state index in [9.17, 15) is 14.4 Å². The maximum atomic E-state index is 11.9. The molecule has 1 aromatic heterocycles. The Balaban J connectivity index is 1.64. The number of thiazole rings is 1. The van der Waals surface area contributed by atoms with Crippen LogP contribution in [0.2, 0.25) is 0 Å². The highest BCUT2D eigenvalue weighted by molar-refractivity contribution is 7.07. The first-order valence-corrected chi connectivity index (χ1v) is 9.45. The Morgan fingerprint density at radius 1 is 1.38 bits per heavy atom. The predicted octanol–water partition coefficient (Wildman–Crippen LogP) is 2.24. The highest BCUT2D eigenvalue weighted by Crippen LogP contribution is 2.23. The molecule has 0 saturated heterocycles. The summed E-state index contributed by atoms with van der Waals surface area (Å²) in [5.41, 5.74) is 0.902. The number of nitrogens with one attached hydrogen (secondary N) is 1. The largest absolute Gasteiger partial charge is 0.456 e. The van der Waals surface area contributed by atoms with Crippen LogP contribution >= 0.6 is 11.3 Å². The zero-order valence-electron chi connectivity index (χ0n) is 14.4. The number of carbonyl (C=O) groups excluding carboxylic acids is 2. The molecule has 0 unspecified atom stereocenters. The van der Waals surface area contributed by atoms with E-state index in [0.717, 1.165) is 36.3 Å². The molecular formula is C17H26N2O4S. The summed E-state index contributed by atoms with van der Waals surface area (Å²) in [6.45, 7) is 4.28. The van der Waals surface area contributed by atoms with Gasteiger partial charge in [0.25, 0.3) is 5.91 Å². The third-order valence-electron chi connectivity index (χ3n) is 4.56. The third-order valence-corrected chi connectivity index (χ3v) is 5.44.